The normalized spacial score (nSPS) is 15.0. The SMILES string of the molecule is CC1CCN(C(=O)CSCC(=O)Nc2nc(-c3ccc(F)cc3)cs2)CC1. The molecule has 1 N–H and O–H groups in total. The third-order valence-electron chi connectivity index (χ3n) is 4.49. The molecule has 1 fully saturated rings. The molecule has 3 rings (SSSR count). The number of nitrogens with one attached hydrogen (secondary N) is 1. The molecular weight excluding hydrogens is 385 g/mol. The van der Waals surface area contributed by atoms with Gasteiger partial charge in [0.1, 0.15) is 5.82 Å². The standard InChI is InChI=1S/C19H22FN3O2S2/c1-13-6-8-23(9-7-13)18(25)12-26-11-17(24)22-19-21-16(10-27-19)14-2-4-15(20)5-3-14/h2-5,10,13H,6-9,11-12H2,1H3,(H,21,22,24). The van der Waals surface area contributed by atoms with E-state index in [0.29, 0.717) is 22.5 Å². The predicted octanol–water partition coefficient (Wildman–Crippen LogP) is 3.88. The molecule has 1 saturated heterocycles. The van der Waals surface area contributed by atoms with Crippen molar-refractivity contribution >= 4 is 40.0 Å². The number of aromatic nitrogens is 1. The van der Waals surface area contributed by atoms with Crippen molar-refractivity contribution in [2.75, 3.05) is 29.9 Å². The second-order valence-electron chi connectivity index (χ2n) is 6.65. The van der Waals surface area contributed by atoms with Crippen molar-refractivity contribution in [1.82, 2.24) is 9.88 Å². The van der Waals surface area contributed by atoms with E-state index in [9.17, 15) is 14.0 Å². The average molecular weight is 408 g/mol. The van der Waals surface area contributed by atoms with Gasteiger partial charge in [-0.1, -0.05) is 6.92 Å². The van der Waals surface area contributed by atoms with Crippen LogP contribution >= 0.6 is 23.1 Å². The first-order chi connectivity index (χ1) is 13.0. The van der Waals surface area contributed by atoms with E-state index >= 15 is 0 Å². The first-order valence-corrected chi connectivity index (χ1v) is 10.9. The van der Waals surface area contributed by atoms with Crippen LogP contribution in [0.5, 0.6) is 0 Å². The average Bonchev–Trinajstić information content (AvgIpc) is 3.11. The van der Waals surface area contributed by atoms with Gasteiger partial charge in [0.25, 0.3) is 0 Å². The third kappa shape index (κ3) is 5.77. The van der Waals surface area contributed by atoms with Gasteiger partial charge in [-0.3, -0.25) is 9.59 Å². The summed E-state index contributed by atoms with van der Waals surface area (Å²) < 4.78 is 13.0. The van der Waals surface area contributed by atoms with Crippen molar-refractivity contribution in [2.24, 2.45) is 5.92 Å². The molecule has 2 amide bonds. The van der Waals surface area contributed by atoms with Crippen LogP contribution in [0, 0.1) is 11.7 Å². The molecule has 0 atom stereocenters. The minimum atomic E-state index is -0.298. The molecule has 0 unspecified atom stereocenters. The maximum atomic E-state index is 13.0. The molecule has 1 aromatic carbocycles. The number of thiazole rings is 1. The highest BCUT2D eigenvalue weighted by atomic mass is 32.2. The van der Waals surface area contributed by atoms with Gasteiger partial charge in [-0.15, -0.1) is 23.1 Å². The molecule has 0 bridgehead atoms. The van der Waals surface area contributed by atoms with Crippen LogP contribution < -0.4 is 5.32 Å². The fraction of sp³-hybridized carbons (Fsp3) is 0.421. The Morgan fingerprint density at radius 1 is 1.26 bits per heavy atom. The van der Waals surface area contributed by atoms with E-state index in [2.05, 4.69) is 17.2 Å². The summed E-state index contributed by atoms with van der Waals surface area (Å²) in [5, 5.41) is 5.06. The Hall–Kier alpha value is -1.93. The summed E-state index contributed by atoms with van der Waals surface area (Å²) >= 11 is 2.64. The fourth-order valence-electron chi connectivity index (χ4n) is 2.82. The van der Waals surface area contributed by atoms with E-state index in [-0.39, 0.29) is 23.4 Å². The number of likely N-dealkylation sites (tertiary alicyclic amines) is 1. The quantitative estimate of drug-likeness (QED) is 0.789. The van der Waals surface area contributed by atoms with Gasteiger partial charge >= 0.3 is 0 Å². The zero-order chi connectivity index (χ0) is 19.2. The van der Waals surface area contributed by atoms with Crippen molar-refractivity contribution in [3.63, 3.8) is 0 Å². The Balaban J connectivity index is 1.42. The smallest absolute Gasteiger partial charge is 0.236 e. The molecule has 8 heteroatoms. The van der Waals surface area contributed by atoms with Crippen LogP contribution in [0.3, 0.4) is 0 Å². The van der Waals surface area contributed by atoms with Gasteiger partial charge in [-0.25, -0.2) is 9.37 Å². The molecule has 0 spiro atoms. The first-order valence-electron chi connectivity index (χ1n) is 8.88. The Bertz CT molecular complexity index is 787. The second-order valence-corrected chi connectivity index (χ2v) is 8.49. The minimum absolute atomic E-state index is 0.104. The zero-order valence-corrected chi connectivity index (χ0v) is 16.7. The number of amides is 2. The largest absolute Gasteiger partial charge is 0.342 e. The lowest BCUT2D eigenvalue weighted by Gasteiger charge is -2.30. The van der Waals surface area contributed by atoms with Crippen LogP contribution in [0.15, 0.2) is 29.6 Å². The summed E-state index contributed by atoms with van der Waals surface area (Å²) in [5.41, 5.74) is 1.49. The van der Waals surface area contributed by atoms with Crippen LogP contribution in [-0.2, 0) is 9.59 Å². The summed E-state index contributed by atoms with van der Waals surface area (Å²) in [6.07, 6.45) is 2.11. The maximum absolute atomic E-state index is 13.0. The molecular formula is C19H22FN3O2S2. The molecule has 5 nitrogen and oxygen atoms in total. The van der Waals surface area contributed by atoms with Crippen molar-refractivity contribution in [3.8, 4) is 11.3 Å². The van der Waals surface area contributed by atoms with Gasteiger partial charge in [0.15, 0.2) is 5.13 Å². The number of rotatable bonds is 6. The molecule has 2 aromatic rings. The van der Waals surface area contributed by atoms with E-state index in [0.717, 1.165) is 31.5 Å². The van der Waals surface area contributed by atoms with Crippen LogP contribution in [0.2, 0.25) is 0 Å². The lowest BCUT2D eigenvalue weighted by Crippen LogP contribution is -2.39. The molecule has 0 saturated carbocycles. The van der Waals surface area contributed by atoms with Gasteiger partial charge in [-0.05, 0) is 43.0 Å². The number of nitrogens with zero attached hydrogens (tertiary/aromatic N) is 2. The van der Waals surface area contributed by atoms with Crippen molar-refractivity contribution < 1.29 is 14.0 Å². The summed E-state index contributed by atoms with van der Waals surface area (Å²) in [5.74, 6) is 0.841. The van der Waals surface area contributed by atoms with E-state index in [1.165, 1.54) is 35.2 Å². The van der Waals surface area contributed by atoms with E-state index in [4.69, 9.17) is 0 Å². The van der Waals surface area contributed by atoms with Crippen molar-refractivity contribution in [3.05, 3.63) is 35.5 Å². The second kappa shape index (κ2) is 9.32. The summed E-state index contributed by atoms with van der Waals surface area (Å²) in [6.45, 7) is 3.84. The van der Waals surface area contributed by atoms with Gasteiger partial charge in [0.2, 0.25) is 11.8 Å². The monoisotopic (exact) mass is 407 g/mol. The number of halogens is 1. The number of carbonyl (C=O) groups excluding carboxylic acids is 2. The van der Waals surface area contributed by atoms with E-state index in [1.807, 2.05) is 10.3 Å². The van der Waals surface area contributed by atoms with Crippen molar-refractivity contribution in [2.45, 2.75) is 19.8 Å². The molecule has 1 aliphatic rings. The predicted molar refractivity (Wildman–Crippen MR) is 108 cm³/mol. The number of benzene rings is 1. The highest BCUT2D eigenvalue weighted by Crippen LogP contribution is 2.25. The Kier molecular flexibility index (Phi) is 6.84. The number of thioether (sulfide) groups is 1. The van der Waals surface area contributed by atoms with Crippen LogP contribution in [-0.4, -0.2) is 46.3 Å². The first kappa shape index (κ1) is 19.8. The topological polar surface area (TPSA) is 62.3 Å². The third-order valence-corrected chi connectivity index (χ3v) is 6.16. The molecule has 0 aliphatic carbocycles. The van der Waals surface area contributed by atoms with Crippen molar-refractivity contribution in [1.29, 1.82) is 0 Å². The molecule has 1 aliphatic heterocycles. The number of hydrogen-bond acceptors (Lipinski definition) is 5. The minimum Gasteiger partial charge on any atom is -0.342 e. The number of hydrogen-bond donors (Lipinski definition) is 1. The van der Waals surface area contributed by atoms with Gasteiger partial charge in [0.05, 0.1) is 17.2 Å². The molecule has 0 radical (unpaired) electrons. The maximum Gasteiger partial charge on any atom is 0.236 e. The van der Waals surface area contributed by atoms with Gasteiger partial charge in [0, 0.05) is 24.0 Å². The lowest BCUT2D eigenvalue weighted by molar-refractivity contribution is -0.129. The Morgan fingerprint density at radius 3 is 2.67 bits per heavy atom. The van der Waals surface area contributed by atoms with Crippen LogP contribution in [0.1, 0.15) is 19.8 Å². The highest BCUT2D eigenvalue weighted by molar-refractivity contribution is 8.00. The Morgan fingerprint density at radius 2 is 1.96 bits per heavy atom. The van der Waals surface area contributed by atoms with Crippen LogP contribution in [0.25, 0.3) is 11.3 Å². The zero-order valence-electron chi connectivity index (χ0n) is 15.1. The lowest BCUT2D eigenvalue weighted by atomic mass is 9.99. The number of anilines is 1. The summed E-state index contributed by atoms with van der Waals surface area (Å²) in [4.78, 5) is 30.5. The number of carbonyl (C=O) groups is 2. The molecule has 2 heterocycles. The number of piperidine rings is 1. The van der Waals surface area contributed by atoms with Crippen LogP contribution in [0.4, 0.5) is 9.52 Å². The van der Waals surface area contributed by atoms with E-state index < -0.39 is 0 Å². The Labute approximate surface area is 166 Å². The summed E-state index contributed by atoms with van der Waals surface area (Å²) in [7, 11) is 0. The molecule has 27 heavy (non-hydrogen) atoms. The molecule has 144 valence electrons. The van der Waals surface area contributed by atoms with Gasteiger partial charge in [-0.2, -0.15) is 0 Å². The molecule has 1 aromatic heterocycles. The highest BCUT2D eigenvalue weighted by Gasteiger charge is 2.20. The van der Waals surface area contributed by atoms with E-state index in [1.54, 1.807) is 12.1 Å². The summed E-state index contributed by atoms with van der Waals surface area (Å²) in [6, 6.07) is 6.06. The van der Waals surface area contributed by atoms with Gasteiger partial charge < -0.3 is 10.2 Å². The fourth-order valence-corrected chi connectivity index (χ4v) is 4.27.